The van der Waals surface area contributed by atoms with Gasteiger partial charge in [-0.25, -0.2) is 4.98 Å². The number of aromatic nitrogens is 6. The first-order chi connectivity index (χ1) is 11.3. The summed E-state index contributed by atoms with van der Waals surface area (Å²) in [5, 5.41) is 23.9. The molecule has 4 aromatic rings. The van der Waals surface area contributed by atoms with Crippen molar-refractivity contribution in [1.29, 1.82) is 0 Å². The fraction of sp³-hybridized carbons (Fsp3) is 0.0667. The number of benzene rings is 1. The minimum absolute atomic E-state index is 0.245. The van der Waals surface area contributed by atoms with Crippen molar-refractivity contribution in [3.05, 3.63) is 60.2 Å². The van der Waals surface area contributed by atoms with Gasteiger partial charge >= 0.3 is 0 Å². The van der Waals surface area contributed by atoms with E-state index in [-0.39, 0.29) is 5.75 Å². The van der Waals surface area contributed by atoms with Gasteiger partial charge in [-0.3, -0.25) is 0 Å². The van der Waals surface area contributed by atoms with E-state index in [0.717, 1.165) is 21.6 Å². The van der Waals surface area contributed by atoms with Crippen LogP contribution in [0.1, 0.15) is 11.4 Å². The van der Waals surface area contributed by atoms with Gasteiger partial charge in [0.25, 0.3) is 0 Å². The number of phenolic OH excluding ortho intramolecular Hbond substituents is 1. The lowest BCUT2D eigenvalue weighted by Gasteiger charge is -2.02. The lowest BCUT2D eigenvalue weighted by Crippen LogP contribution is -2.01. The summed E-state index contributed by atoms with van der Waals surface area (Å²) in [4.78, 5) is 7.22. The fourth-order valence-electron chi connectivity index (χ4n) is 2.18. The smallest absolute Gasteiger partial charge is 0.177 e. The molecule has 0 aliphatic rings. The van der Waals surface area contributed by atoms with E-state index in [2.05, 4.69) is 25.3 Å². The molecule has 23 heavy (non-hydrogen) atoms. The van der Waals surface area contributed by atoms with Gasteiger partial charge in [0.1, 0.15) is 10.8 Å². The van der Waals surface area contributed by atoms with Crippen LogP contribution in [0.5, 0.6) is 5.75 Å². The van der Waals surface area contributed by atoms with Gasteiger partial charge in [0.2, 0.25) is 0 Å². The monoisotopic (exact) mass is 324 g/mol. The van der Waals surface area contributed by atoms with Crippen LogP contribution in [0, 0.1) is 0 Å². The van der Waals surface area contributed by atoms with Crippen molar-refractivity contribution < 1.29 is 5.11 Å². The Balaban J connectivity index is 1.65. The second-order valence-electron chi connectivity index (χ2n) is 4.90. The van der Waals surface area contributed by atoms with Crippen LogP contribution in [0.2, 0.25) is 0 Å². The zero-order valence-electron chi connectivity index (χ0n) is 11.9. The zero-order chi connectivity index (χ0) is 15.6. The summed E-state index contributed by atoms with van der Waals surface area (Å²) < 4.78 is 1.73. The summed E-state index contributed by atoms with van der Waals surface area (Å²) >= 11 is 1.44. The molecule has 3 heterocycles. The molecular weight excluding hydrogens is 312 g/mol. The number of H-pyrrole nitrogens is 1. The maximum Gasteiger partial charge on any atom is 0.177 e. The molecule has 3 aromatic heterocycles. The van der Waals surface area contributed by atoms with Crippen molar-refractivity contribution in [1.82, 2.24) is 29.8 Å². The first-order valence-electron chi connectivity index (χ1n) is 6.94. The highest BCUT2D eigenvalue weighted by molar-refractivity contribution is 7.99. The van der Waals surface area contributed by atoms with Crippen molar-refractivity contribution in [2.45, 2.75) is 16.6 Å². The lowest BCUT2D eigenvalue weighted by molar-refractivity contribution is 0.475. The minimum atomic E-state index is 0.245. The summed E-state index contributed by atoms with van der Waals surface area (Å²) in [5.41, 5.74) is 1.73. The highest BCUT2D eigenvalue weighted by Crippen LogP contribution is 2.22. The lowest BCUT2D eigenvalue weighted by atomic mass is 10.1. The molecule has 0 radical (unpaired) electrons. The first kappa shape index (κ1) is 13.8. The summed E-state index contributed by atoms with van der Waals surface area (Å²) in [5.74, 6) is 0.989. The number of rotatable bonds is 4. The van der Waals surface area contributed by atoms with Crippen molar-refractivity contribution in [3.8, 4) is 5.75 Å². The summed E-state index contributed by atoms with van der Waals surface area (Å²) in [6, 6.07) is 10.8. The number of aromatic amines is 1. The van der Waals surface area contributed by atoms with Gasteiger partial charge in [-0.2, -0.15) is 9.61 Å². The second kappa shape index (κ2) is 5.73. The molecule has 0 saturated carbocycles. The van der Waals surface area contributed by atoms with Gasteiger partial charge < -0.3 is 10.1 Å². The molecular formula is C15H12N6OS. The van der Waals surface area contributed by atoms with Crippen LogP contribution in [0.15, 0.2) is 59.0 Å². The third kappa shape index (κ3) is 2.88. The van der Waals surface area contributed by atoms with Crippen molar-refractivity contribution in [3.63, 3.8) is 0 Å². The highest BCUT2D eigenvalue weighted by Gasteiger charge is 2.10. The van der Waals surface area contributed by atoms with Crippen LogP contribution in [0.25, 0.3) is 5.65 Å². The second-order valence-corrected chi connectivity index (χ2v) is 5.91. The van der Waals surface area contributed by atoms with E-state index in [0.29, 0.717) is 12.1 Å². The predicted molar refractivity (Wildman–Crippen MR) is 84.4 cm³/mol. The van der Waals surface area contributed by atoms with Gasteiger partial charge in [-0.05, 0) is 41.6 Å². The Morgan fingerprint density at radius 3 is 2.74 bits per heavy atom. The number of phenols is 1. The number of aromatic hydroxyl groups is 1. The molecule has 8 heteroatoms. The molecule has 0 saturated heterocycles. The molecule has 0 bridgehead atoms. The molecule has 0 spiro atoms. The van der Waals surface area contributed by atoms with Gasteiger partial charge in [0.15, 0.2) is 16.6 Å². The largest absolute Gasteiger partial charge is 0.508 e. The van der Waals surface area contributed by atoms with E-state index in [4.69, 9.17) is 0 Å². The molecule has 0 aliphatic heterocycles. The quantitative estimate of drug-likeness (QED) is 0.598. The van der Waals surface area contributed by atoms with Crippen LogP contribution in [-0.4, -0.2) is 34.9 Å². The molecule has 4 rings (SSSR count). The first-order valence-corrected chi connectivity index (χ1v) is 7.76. The molecule has 114 valence electrons. The third-order valence-corrected chi connectivity index (χ3v) is 4.12. The average Bonchev–Trinajstić information content (AvgIpc) is 3.20. The zero-order valence-corrected chi connectivity index (χ0v) is 12.7. The van der Waals surface area contributed by atoms with E-state index < -0.39 is 0 Å². The molecule has 1 aromatic carbocycles. The Bertz CT molecular complexity index is 932. The summed E-state index contributed by atoms with van der Waals surface area (Å²) in [6.45, 7) is 0. The molecule has 0 aliphatic carbocycles. The van der Waals surface area contributed by atoms with Crippen LogP contribution in [-0.2, 0) is 6.42 Å². The van der Waals surface area contributed by atoms with Crippen LogP contribution in [0.3, 0.4) is 0 Å². The number of imidazole rings is 1. The number of fused-ring (bicyclic) bond motifs is 1. The van der Waals surface area contributed by atoms with Gasteiger partial charge in [-0.1, -0.05) is 12.1 Å². The van der Waals surface area contributed by atoms with E-state index in [1.54, 1.807) is 29.0 Å². The van der Waals surface area contributed by atoms with Gasteiger partial charge in [0, 0.05) is 18.8 Å². The molecule has 0 unspecified atom stereocenters. The molecule has 0 amide bonds. The van der Waals surface area contributed by atoms with Crippen LogP contribution in [0.4, 0.5) is 0 Å². The topological polar surface area (TPSA) is 92.0 Å². The van der Waals surface area contributed by atoms with E-state index >= 15 is 0 Å². The van der Waals surface area contributed by atoms with Gasteiger partial charge in [-0.15, -0.1) is 10.2 Å². The van der Waals surface area contributed by atoms with Crippen molar-refractivity contribution >= 4 is 17.4 Å². The Morgan fingerprint density at radius 2 is 1.96 bits per heavy atom. The number of nitrogens with one attached hydrogen (secondary N) is 1. The van der Waals surface area contributed by atoms with Crippen LogP contribution >= 0.6 is 11.8 Å². The number of nitrogens with zero attached hydrogens (tertiary/aromatic N) is 5. The maximum absolute atomic E-state index is 9.36. The standard InChI is InChI=1S/C15H12N6OS/c22-11-3-1-10(2-4-11)9-13-19-18-12-5-6-14(20-21(12)13)23-15-16-7-8-17-15/h1-8,22H,9H2,(H,16,17). The summed E-state index contributed by atoms with van der Waals surface area (Å²) in [6.07, 6.45) is 4.06. The number of hydrogen-bond acceptors (Lipinski definition) is 6. The minimum Gasteiger partial charge on any atom is -0.508 e. The van der Waals surface area contributed by atoms with E-state index in [1.807, 2.05) is 24.3 Å². The van der Waals surface area contributed by atoms with Crippen LogP contribution < -0.4 is 0 Å². The Morgan fingerprint density at radius 1 is 1.09 bits per heavy atom. The third-order valence-electron chi connectivity index (χ3n) is 3.28. The predicted octanol–water partition coefficient (Wildman–Crippen LogP) is 2.29. The summed E-state index contributed by atoms with van der Waals surface area (Å²) in [7, 11) is 0. The molecule has 0 fully saturated rings. The number of hydrogen-bond donors (Lipinski definition) is 2. The van der Waals surface area contributed by atoms with Crippen molar-refractivity contribution in [2.24, 2.45) is 0 Å². The molecule has 7 nitrogen and oxygen atoms in total. The van der Waals surface area contributed by atoms with Gasteiger partial charge in [0.05, 0.1) is 0 Å². The average molecular weight is 324 g/mol. The molecule has 2 N–H and O–H groups in total. The molecule has 0 atom stereocenters. The highest BCUT2D eigenvalue weighted by atomic mass is 32.2. The van der Waals surface area contributed by atoms with Crippen molar-refractivity contribution in [2.75, 3.05) is 0 Å². The Hall–Kier alpha value is -2.87. The van der Waals surface area contributed by atoms with E-state index in [1.165, 1.54) is 11.8 Å². The SMILES string of the molecule is Oc1ccc(Cc2nnc3ccc(Sc4ncc[nH]4)nn23)cc1. The normalized spacial score (nSPS) is 11.1. The van der Waals surface area contributed by atoms with E-state index in [9.17, 15) is 5.11 Å². The Labute approximate surface area is 135 Å². The maximum atomic E-state index is 9.36. The Kier molecular flexibility index (Phi) is 3.43. The fourth-order valence-corrected chi connectivity index (χ4v) is 2.88.